The van der Waals surface area contributed by atoms with Gasteiger partial charge in [0.25, 0.3) is 0 Å². The van der Waals surface area contributed by atoms with Gasteiger partial charge in [0, 0.05) is 12.0 Å². The van der Waals surface area contributed by atoms with Gasteiger partial charge in [-0.1, -0.05) is 0 Å². The maximum Gasteiger partial charge on any atom is 0.415 e. The predicted molar refractivity (Wildman–Crippen MR) is 57.7 cm³/mol. The van der Waals surface area contributed by atoms with E-state index in [1.165, 1.54) is 13.8 Å². The van der Waals surface area contributed by atoms with Crippen LogP contribution in [0.15, 0.2) is 0 Å². The number of alkyl halides is 3. The molecule has 0 spiro atoms. The van der Waals surface area contributed by atoms with E-state index in [1.807, 2.05) is 0 Å². The summed E-state index contributed by atoms with van der Waals surface area (Å²) < 4.78 is 37.5. The quantitative estimate of drug-likeness (QED) is 0.695. The van der Waals surface area contributed by atoms with Crippen molar-refractivity contribution in [3.8, 4) is 0 Å². The Hall–Kier alpha value is -1.31. The third-order valence-corrected chi connectivity index (χ3v) is 2.48. The Kier molecular flexibility index (Phi) is 4.76. The van der Waals surface area contributed by atoms with Gasteiger partial charge < -0.3 is 16.2 Å². The zero-order chi connectivity index (χ0) is 14.8. The van der Waals surface area contributed by atoms with Crippen molar-refractivity contribution < 1.29 is 27.9 Å². The number of amides is 1. The van der Waals surface area contributed by atoms with Crippen molar-refractivity contribution in [2.24, 2.45) is 5.73 Å². The van der Waals surface area contributed by atoms with Gasteiger partial charge in [-0.05, 0) is 27.2 Å². The Morgan fingerprint density at radius 3 is 2.00 bits per heavy atom. The summed E-state index contributed by atoms with van der Waals surface area (Å²) in [5.74, 6) is -2.48. The van der Waals surface area contributed by atoms with Crippen LogP contribution in [0.3, 0.4) is 0 Å². The molecule has 0 saturated carbocycles. The first-order valence-electron chi connectivity index (χ1n) is 5.19. The third-order valence-electron chi connectivity index (χ3n) is 2.48. The van der Waals surface area contributed by atoms with E-state index in [9.17, 15) is 22.8 Å². The minimum Gasteiger partial charge on any atom is -0.481 e. The lowest BCUT2D eigenvalue weighted by molar-refractivity contribution is -0.188. The fourth-order valence-corrected chi connectivity index (χ4v) is 1.05. The minimum absolute atomic E-state index is 0.00199. The summed E-state index contributed by atoms with van der Waals surface area (Å²) in [4.78, 5) is 21.8. The number of hydrogen-bond donors (Lipinski definition) is 3. The number of carbonyl (C=O) groups is 2. The lowest BCUT2D eigenvalue weighted by Crippen LogP contribution is -2.64. The molecule has 0 rings (SSSR count). The summed E-state index contributed by atoms with van der Waals surface area (Å²) in [6.45, 7) is 3.43. The largest absolute Gasteiger partial charge is 0.481 e. The fourth-order valence-electron chi connectivity index (χ4n) is 1.05. The molecule has 0 saturated heterocycles. The molecule has 1 unspecified atom stereocenters. The highest BCUT2D eigenvalue weighted by molar-refractivity contribution is 5.87. The van der Waals surface area contributed by atoms with Crippen molar-refractivity contribution in [1.82, 2.24) is 5.32 Å². The standard InChI is InChI=1S/C10H17F3N2O3/c1-8(2,5-4-6(16)17)15-7(18)9(3,14)10(11,12)13/h4-5,14H2,1-3H3,(H,15,18)(H,16,17). The van der Waals surface area contributed by atoms with Crippen molar-refractivity contribution in [2.45, 2.75) is 50.9 Å². The lowest BCUT2D eigenvalue weighted by atomic mass is 9.95. The van der Waals surface area contributed by atoms with Gasteiger partial charge in [-0.3, -0.25) is 9.59 Å². The average molecular weight is 270 g/mol. The second kappa shape index (κ2) is 5.13. The molecule has 0 fully saturated rings. The van der Waals surface area contributed by atoms with Gasteiger partial charge in [-0.25, -0.2) is 0 Å². The molecule has 4 N–H and O–H groups in total. The van der Waals surface area contributed by atoms with Gasteiger partial charge in [0.05, 0.1) is 0 Å². The van der Waals surface area contributed by atoms with Crippen molar-refractivity contribution in [1.29, 1.82) is 0 Å². The first-order chi connectivity index (χ1) is 7.79. The lowest BCUT2D eigenvalue weighted by Gasteiger charge is -2.32. The summed E-state index contributed by atoms with van der Waals surface area (Å²) in [5.41, 5.74) is 0.859. The monoisotopic (exact) mass is 270 g/mol. The van der Waals surface area contributed by atoms with Crippen LogP contribution < -0.4 is 11.1 Å². The molecule has 0 heterocycles. The fraction of sp³-hybridized carbons (Fsp3) is 0.800. The number of carboxylic acids is 1. The third kappa shape index (κ3) is 4.52. The first kappa shape index (κ1) is 16.7. The summed E-state index contributed by atoms with van der Waals surface area (Å²) in [7, 11) is 0. The van der Waals surface area contributed by atoms with Gasteiger partial charge in [0.2, 0.25) is 5.91 Å². The summed E-state index contributed by atoms with van der Waals surface area (Å²) in [6.07, 6.45) is -5.14. The number of nitrogens with one attached hydrogen (secondary N) is 1. The molecular weight excluding hydrogens is 253 g/mol. The highest BCUT2D eigenvalue weighted by Gasteiger charge is 2.54. The van der Waals surface area contributed by atoms with Crippen molar-refractivity contribution in [3.05, 3.63) is 0 Å². The predicted octanol–water partition coefficient (Wildman–Crippen LogP) is 1.03. The average Bonchev–Trinajstić information content (AvgIpc) is 2.12. The van der Waals surface area contributed by atoms with Gasteiger partial charge in [-0.15, -0.1) is 0 Å². The van der Waals surface area contributed by atoms with Crippen LogP contribution in [0.25, 0.3) is 0 Å². The van der Waals surface area contributed by atoms with Crippen LogP contribution in [0, 0.1) is 0 Å². The Morgan fingerprint density at radius 2 is 1.67 bits per heavy atom. The summed E-state index contributed by atoms with van der Waals surface area (Å²) >= 11 is 0. The molecule has 0 aromatic heterocycles. The van der Waals surface area contributed by atoms with Crippen LogP contribution in [0.4, 0.5) is 13.2 Å². The molecule has 1 atom stereocenters. The van der Waals surface area contributed by atoms with Crippen molar-refractivity contribution >= 4 is 11.9 Å². The van der Waals surface area contributed by atoms with Gasteiger partial charge in [-0.2, -0.15) is 13.2 Å². The Balaban J connectivity index is 4.70. The highest BCUT2D eigenvalue weighted by Crippen LogP contribution is 2.28. The van der Waals surface area contributed by atoms with Crippen LogP contribution in [-0.4, -0.2) is 34.2 Å². The summed E-state index contributed by atoms with van der Waals surface area (Å²) in [5, 5.41) is 10.6. The SMILES string of the molecule is CC(C)(CCC(=O)O)NC(=O)C(C)(N)C(F)(F)F. The smallest absolute Gasteiger partial charge is 0.415 e. The molecule has 0 radical (unpaired) electrons. The molecule has 1 amide bonds. The molecule has 0 aromatic rings. The number of rotatable bonds is 5. The second-order valence-electron chi connectivity index (χ2n) is 4.93. The number of aliphatic carboxylic acids is 1. The van der Waals surface area contributed by atoms with E-state index in [2.05, 4.69) is 5.32 Å². The van der Waals surface area contributed by atoms with Gasteiger partial charge in [0.1, 0.15) is 0 Å². The molecule has 18 heavy (non-hydrogen) atoms. The van der Waals surface area contributed by atoms with Crippen LogP contribution in [0.2, 0.25) is 0 Å². The van der Waals surface area contributed by atoms with E-state index >= 15 is 0 Å². The van der Waals surface area contributed by atoms with E-state index in [-0.39, 0.29) is 12.8 Å². The number of nitrogens with two attached hydrogens (primary N) is 1. The molecule has 5 nitrogen and oxygen atoms in total. The molecule has 0 bridgehead atoms. The van der Waals surface area contributed by atoms with Crippen molar-refractivity contribution in [3.63, 3.8) is 0 Å². The van der Waals surface area contributed by atoms with Crippen LogP contribution in [0.1, 0.15) is 33.6 Å². The molecule has 8 heteroatoms. The molecule has 106 valence electrons. The van der Waals surface area contributed by atoms with E-state index in [0.29, 0.717) is 6.92 Å². The van der Waals surface area contributed by atoms with Gasteiger partial charge in [0.15, 0.2) is 5.54 Å². The van der Waals surface area contributed by atoms with Crippen LogP contribution >= 0.6 is 0 Å². The Morgan fingerprint density at radius 1 is 1.22 bits per heavy atom. The topological polar surface area (TPSA) is 92.4 Å². The highest BCUT2D eigenvalue weighted by atomic mass is 19.4. The maximum absolute atomic E-state index is 12.5. The molecular formula is C10H17F3N2O3. The van der Waals surface area contributed by atoms with Gasteiger partial charge >= 0.3 is 12.1 Å². The first-order valence-corrected chi connectivity index (χ1v) is 5.19. The van der Waals surface area contributed by atoms with E-state index < -0.39 is 29.1 Å². The molecule has 0 aromatic carbocycles. The molecule has 0 aliphatic heterocycles. The number of carboxylic acid groups (broad SMARTS) is 1. The Labute approximate surface area is 103 Å². The number of hydrogen-bond acceptors (Lipinski definition) is 3. The minimum atomic E-state index is -4.88. The van der Waals surface area contributed by atoms with E-state index in [1.54, 1.807) is 0 Å². The number of halogens is 3. The molecule has 0 aliphatic rings. The zero-order valence-electron chi connectivity index (χ0n) is 10.4. The van der Waals surface area contributed by atoms with Crippen LogP contribution in [-0.2, 0) is 9.59 Å². The van der Waals surface area contributed by atoms with Crippen molar-refractivity contribution in [2.75, 3.05) is 0 Å². The number of carbonyl (C=O) groups excluding carboxylic acids is 1. The Bertz CT molecular complexity index is 338. The van der Waals surface area contributed by atoms with Crippen LogP contribution in [0.5, 0.6) is 0 Å². The maximum atomic E-state index is 12.5. The van der Waals surface area contributed by atoms with E-state index in [0.717, 1.165) is 0 Å². The zero-order valence-corrected chi connectivity index (χ0v) is 10.4. The van der Waals surface area contributed by atoms with E-state index in [4.69, 9.17) is 10.8 Å². The molecule has 0 aliphatic carbocycles. The summed E-state index contributed by atoms with van der Waals surface area (Å²) in [6, 6.07) is 0. The second-order valence-corrected chi connectivity index (χ2v) is 4.93. The normalized spacial score (nSPS) is 15.9.